The van der Waals surface area contributed by atoms with E-state index in [1.54, 1.807) is 0 Å². The quantitative estimate of drug-likeness (QED) is 0.507. The Morgan fingerprint density at radius 1 is 1.29 bits per heavy atom. The topological polar surface area (TPSA) is 29.5 Å². The highest BCUT2D eigenvalue weighted by Gasteiger charge is 2.24. The minimum Gasteiger partial charge on any atom is -0.466 e. The number of nitrogens with zero attached hydrogens (tertiary/aromatic N) is 1. The van der Waals surface area contributed by atoms with E-state index in [2.05, 4.69) is 18.7 Å². The van der Waals surface area contributed by atoms with Gasteiger partial charge in [0, 0.05) is 19.0 Å². The van der Waals surface area contributed by atoms with Gasteiger partial charge in [0.1, 0.15) is 0 Å². The van der Waals surface area contributed by atoms with Gasteiger partial charge in [0.25, 0.3) is 0 Å². The molecule has 0 saturated carbocycles. The van der Waals surface area contributed by atoms with Crippen LogP contribution in [0.3, 0.4) is 0 Å². The van der Waals surface area contributed by atoms with E-state index >= 15 is 0 Å². The van der Waals surface area contributed by atoms with Gasteiger partial charge in [0.2, 0.25) is 0 Å². The first kappa shape index (κ1) is 14.5. The number of carbonyl (C=O) groups is 1. The summed E-state index contributed by atoms with van der Waals surface area (Å²) in [6.07, 6.45) is 5.23. The van der Waals surface area contributed by atoms with Crippen molar-refractivity contribution in [3.63, 3.8) is 0 Å². The lowest BCUT2D eigenvalue weighted by atomic mass is 10.1. The highest BCUT2D eigenvalue weighted by atomic mass is 16.5. The molecule has 2 atom stereocenters. The lowest BCUT2D eigenvalue weighted by molar-refractivity contribution is -0.143. The summed E-state index contributed by atoms with van der Waals surface area (Å²) in [5, 5.41) is 0. The van der Waals surface area contributed by atoms with E-state index in [4.69, 9.17) is 4.74 Å². The monoisotopic (exact) mass is 241 g/mol. The lowest BCUT2D eigenvalue weighted by Gasteiger charge is -2.20. The predicted molar refractivity (Wildman–Crippen MR) is 69.9 cm³/mol. The van der Waals surface area contributed by atoms with Crippen LogP contribution >= 0.6 is 0 Å². The van der Waals surface area contributed by atoms with Gasteiger partial charge in [0.15, 0.2) is 0 Å². The first-order valence-electron chi connectivity index (χ1n) is 7.03. The zero-order chi connectivity index (χ0) is 12.7. The van der Waals surface area contributed by atoms with E-state index in [0.717, 1.165) is 24.8 Å². The van der Waals surface area contributed by atoms with Gasteiger partial charge in [-0.3, -0.25) is 4.79 Å². The first-order chi connectivity index (χ1) is 8.13. The summed E-state index contributed by atoms with van der Waals surface area (Å²) in [6, 6.07) is 0.745. The van der Waals surface area contributed by atoms with Crippen LogP contribution in [0.15, 0.2) is 0 Å². The van der Waals surface area contributed by atoms with Crippen LogP contribution in [-0.4, -0.2) is 36.6 Å². The lowest BCUT2D eigenvalue weighted by Crippen LogP contribution is -2.28. The van der Waals surface area contributed by atoms with Crippen molar-refractivity contribution >= 4 is 5.97 Å². The van der Waals surface area contributed by atoms with Crippen LogP contribution in [-0.2, 0) is 9.53 Å². The molecule has 0 aromatic carbocycles. The molecule has 100 valence electrons. The standard InChI is InChI=1S/C14H27NO2/c1-4-17-14(16)8-6-5-7-9-15-11-12(2)10-13(15)3/h12-13H,4-11H2,1-3H3. The SMILES string of the molecule is CCOC(=O)CCCCCN1CC(C)CC1C. The van der Waals surface area contributed by atoms with Crippen LogP contribution < -0.4 is 0 Å². The number of esters is 1. The van der Waals surface area contributed by atoms with Crippen LogP contribution in [0.25, 0.3) is 0 Å². The summed E-state index contributed by atoms with van der Waals surface area (Å²) in [4.78, 5) is 13.7. The Kier molecular flexibility index (Phi) is 6.56. The maximum atomic E-state index is 11.1. The molecule has 0 aliphatic carbocycles. The maximum Gasteiger partial charge on any atom is 0.305 e. The molecule has 0 amide bonds. The van der Waals surface area contributed by atoms with Crippen molar-refractivity contribution in [2.45, 2.75) is 58.9 Å². The van der Waals surface area contributed by atoms with Crippen LogP contribution in [0.1, 0.15) is 52.9 Å². The molecule has 1 rings (SSSR count). The molecule has 0 spiro atoms. The minimum absolute atomic E-state index is 0.0457. The number of carbonyl (C=O) groups excluding carboxylic acids is 1. The molecule has 1 aliphatic rings. The van der Waals surface area contributed by atoms with E-state index in [-0.39, 0.29) is 5.97 Å². The maximum absolute atomic E-state index is 11.1. The second kappa shape index (κ2) is 7.70. The molecule has 0 N–H and O–H groups in total. The number of unbranched alkanes of at least 4 members (excludes halogenated alkanes) is 2. The molecule has 3 heteroatoms. The summed E-state index contributed by atoms with van der Waals surface area (Å²) in [5.41, 5.74) is 0. The first-order valence-corrected chi connectivity index (χ1v) is 7.03. The minimum atomic E-state index is -0.0457. The Balaban J connectivity index is 1.99. The molecule has 1 saturated heterocycles. The fourth-order valence-electron chi connectivity index (χ4n) is 2.69. The van der Waals surface area contributed by atoms with Crippen molar-refractivity contribution in [2.24, 2.45) is 5.92 Å². The van der Waals surface area contributed by atoms with Crippen LogP contribution in [0.5, 0.6) is 0 Å². The van der Waals surface area contributed by atoms with Crippen LogP contribution in [0, 0.1) is 5.92 Å². The zero-order valence-electron chi connectivity index (χ0n) is 11.6. The third kappa shape index (κ3) is 5.53. The summed E-state index contributed by atoms with van der Waals surface area (Å²) in [6.45, 7) is 9.45. The Bertz CT molecular complexity index is 230. The van der Waals surface area contributed by atoms with Gasteiger partial charge in [-0.1, -0.05) is 13.3 Å². The van der Waals surface area contributed by atoms with E-state index in [9.17, 15) is 4.79 Å². The normalized spacial score (nSPS) is 25.1. The molecule has 0 aromatic heterocycles. The predicted octanol–water partition coefficient (Wildman–Crippen LogP) is 2.84. The third-order valence-corrected chi connectivity index (χ3v) is 3.54. The molecule has 0 radical (unpaired) electrons. The molecular weight excluding hydrogens is 214 g/mol. The largest absolute Gasteiger partial charge is 0.466 e. The van der Waals surface area contributed by atoms with Crippen LogP contribution in [0.4, 0.5) is 0 Å². The Morgan fingerprint density at radius 3 is 2.65 bits per heavy atom. The molecule has 1 aliphatic heterocycles. The molecule has 0 bridgehead atoms. The summed E-state index contributed by atoms with van der Waals surface area (Å²) >= 11 is 0. The zero-order valence-corrected chi connectivity index (χ0v) is 11.6. The highest BCUT2D eigenvalue weighted by Crippen LogP contribution is 2.22. The molecule has 0 aromatic rings. The van der Waals surface area contributed by atoms with Gasteiger partial charge >= 0.3 is 5.97 Å². The van der Waals surface area contributed by atoms with Gasteiger partial charge in [-0.25, -0.2) is 0 Å². The average molecular weight is 241 g/mol. The van der Waals surface area contributed by atoms with Crippen molar-refractivity contribution in [3.05, 3.63) is 0 Å². The molecule has 1 heterocycles. The van der Waals surface area contributed by atoms with E-state index < -0.39 is 0 Å². The third-order valence-electron chi connectivity index (χ3n) is 3.54. The molecule has 3 nitrogen and oxygen atoms in total. The van der Waals surface area contributed by atoms with E-state index in [1.807, 2.05) is 6.92 Å². The van der Waals surface area contributed by atoms with Crippen molar-refractivity contribution in [3.8, 4) is 0 Å². The van der Waals surface area contributed by atoms with E-state index in [0.29, 0.717) is 13.0 Å². The van der Waals surface area contributed by atoms with Crippen molar-refractivity contribution in [1.82, 2.24) is 4.90 Å². The number of ether oxygens (including phenoxy) is 1. The Labute approximate surface area is 106 Å². The molecular formula is C14H27NO2. The number of likely N-dealkylation sites (tertiary alicyclic amines) is 1. The number of hydrogen-bond donors (Lipinski definition) is 0. The van der Waals surface area contributed by atoms with Crippen LogP contribution in [0.2, 0.25) is 0 Å². The number of rotatable bonds is 7. The Morgan fingerprint density at radius 2 is 2.06 bits per heavy atom. The van der Waals surface area contributed by atoms with E-state index in [1.165, 1.54) is 25.9 Å². The number of hydrogen-bond acceptors (Lipinski definition) is 3. The van der Waals surface area contributed by atoms with Gasteiger partial charge < -0.3 is 9.64 Å². The second-order valence-electron chi connectivity index (χ2n) is 5.30. The summed E-state index contributed by atoms with van der Waals surface area (Å²) in [7, 11) is 0. The fraction of sp³-hybridized carbons (Fsp3) is 0.929. The van der Waals surface area contributed by atoms with Gasteiger partial charge in [-0.05, 0) is 45.6 Å². The molecule has 17 heavy (non-hydrogen) atoms. The van der Waals surface area contributed by atoms with Crippen molar-refractivity contribution in [1.29, 1.82) is 0 Å². The average Bonchev–Trinajstić information content (AvgIpc) is 2.57. The smallest absolute Gasteiger partial charge is 0.305 e. The summed E-state index contributed by atoms with van der Waals surface area (Å²) in [5.74, 6) is 0.806. The molecule has 2 unspecified atom stereocenters. The van der Waals surface area contributed by atoms with Crippen molar-refractivity contribution < 1.29 is 9.53 Å². The van der Waals surface area contributed by atoms with Crippen molar-refractivity contribution in [2.75, 3.05) is 19.7 Å². The highest BCUT2D eigenvalue weighted by molar-refractivity contribution is 5.69. The Hall–Kier alpha value is -0.570. The van der Waals surface area contributed by atoms with Gasteiger partial charge in [-0.2, -0.15) is 0 Å². The van der Waals surface area contributed by atoms with Gasteiger partial charge in [-0.15, -0.1) is 0 Å². The fourth-order valence-corrected chi connectivity index (χ4v) is 2.69. The molecule has 1 fully saturated rings. The second-order valence-corrected chi connectivity index (χ2v) is 5.30. The van der Waals surface area contributed by atoms with Gasteiger partial charge in [0.05, 0.1) is 6.61 Å². The summed E-state index contributed by atoms with van der Waals surface area (Å²) < 4.78 is 4.90.